The highest BCUT2D eigenvalue weighted by Crippen LogP contribution is 2.64. The lowest BCUT2D eigenvalue weighted by atomic mass is 9.44. The number of carbonyl (C=O) groups is 1. The Bertz CT molecular complexity index is 974. The molecule has 182 valence electrons. The Balaban J connectivity index is 1.25. The summed E-state index contributed by atoms with van der Waals surface area (Å²) in [6.45, 7) is 2.97. The molecule has 4 saturated carbocycles. The second-order valence-electron chi connectivity index (χ2n) is 10.9. The Morgan fingerprint density at radius 3 is 2.33 bits per heavy atom. The van der Waals surface area contributed by atoms with Crippen molar-refractivity contribution < 1.29 is 18.3 Å². The number of amides is 1. The van der Waals surface area contributed by atoms with Crippen LogP contribution in [0.1, 0.15) is 58.3 Å². The minimum atomic E-state index is -3.49. The van der Waals surface area contributed by atoms with Crippen LogP contribution in [-0.4, -0.2) is 49.0 Å². The van der Waals surface area contributed by atoms with Gasteiger partial charge in [-0.2, -0.15) is 4.31 Å². The summed E-state index contributed by atoms with van der Waals surface area (Å²) >= 11 is 5.93. The van der Waals surface area contributed by atoms with Gasteiger partial charge in [0.05, 0.1) is 4.90 Å². The number of rotatable bonds is 6. The maximum Gasteiger partial charge on any atom is 0.249 e. The molecule has 0 spiro atoms. The zero-order valence-corrected chi connectivity index (χ0v) is 20.8. The van der Waals surface area contributed by atoms with Gasteiger partial charge in [0.15, 0.2) is 0 Å². The van der Waals surface area contributed by atoms with Crippen LogP contribution in [0.4, 0.5) is 0 Å². The largest absolute Gasteiger partial charge is 0.383 e. The van der Waals surface area contributed by atoms with Gasteiger partial charge in [0.2, 0.25) is 15.9 Å². The van der Waals surface area contributed by atoms with Crippen LogP contribution in [0.5, 0.6) is 0 Å². The first kappa shape index (κ1) is 23.6. The summed E-state index contributed by atoms with van der Waals surface area (Å²) in [6.07, 6.45) is 7.21. The van der Waals surface area contributed by atoms with Crippen molar-refractivity contribution in [1.29, 1.82) is 0 Å². The number of carbonyl (C=O) groups excluding carboxylic acids is 1. The van der Waals surface area contributed by atoms with E-state index in [-0.39, 0.29) is 17.4 Å². The van der Waals surface area contributed by atoms with Gasteiger partial charge >= 0.3 is 0 Å². The van der Waals surface area contributed by atoms with Crippen molar-refractivity contribution in [1.82, 2.24) is 9.62 Å². The number of piperidine rings is 1. The first-order valence-corrected chi connectivity index (χ1v) is 14.3. The van der Waals surface area contributed by atoms with Crippen molar-refractivity contribution in [3.63, 3.8) is 0 Å². The number of aliphatic hydroxyl groups excluding tert-OH is 1. The average molecular weight is 495 g/mol. The monoisotopic (exact) mass is 494 g/mol. The van der Waals surface area contributed by atoms with Crippen LogP contribution in [0.25, 0.3) is 0 Å². The molecule has 4 bridgehead atoms. The summed E-state index contributed by atoms with van der Waals surface area (Å²) in [4.78, 5) is 12.7. The van der Waals surface area contributed by atoms with E-state index in [4.69, 9.17) is 11.6 Å². The molecule has 4 aliphatic carbocycles. The van der Waals surface area contributed by atoms with Gasteiger partial charge in [0.25, 0.3) is 0 Å². The van der Waals surface area contributed by atoms with E-state index in [1.165, 1.54) is 19.3 Å². The fourth-order valence-corrected chi connectivity index (χ4v) is 9.33. The van der Waals surface area contributed by atoms with Gasteiger partial charge in [-0.25, -0.2) is 8.42 Å². The highest BCUT2D eigenvalue weighted by Gasteiger charge is 2.58. The van der Waals surface area contributed by atoms with E-state index in [2.05, 4.69) is 5.32 Å². The first-order valence-electron chi connectivity index (χ1n) is 12.5. The molecular weight excluding hydrogens is 460 g/mol. The highest BCUT2D eigenvalue weighted by molar-refractivity contribution is 7.89. The Morgan fingerprint density at radius 1 is 1.15 bits per heavy atom. The summed E-state index contributed by atoms with van der Waals surface area (Å²) < 4.78 is 27.8. The summed E-state index contributed by atoms with van der Waals surface area (Å²) in [6, 6.07) is 6.63. The number of nitrogens with zero attached hydrogens (tertiary/aromatic N) is 1. The van der Waals surface area contributed by atoms with Gasteiger partial charge in [-0.05, 0) is 105 Å². The summed E-state index contributed by atoms with van der Waals surface area (Å²) in [5.41, 5.74) is 0.289. The lowest BCUT2D eigenvalue weighted by molar-refractivity contribution is -0.141. The number of hydrogen-bond donors (Lipinski definition) is 2. The molecular formula is C25H35ClN2O4S. The van der Waals surface area contributed by atoms with Crippen molar-refractivity contribution in [3.05, 3.63) is 29.3 Å². The van der Waals surface area contributed by atoms with Gasteiger partial charge in [0, 0.05) is 24.2 Å². The van der Waals surface area contributed by atoms with Crippen molar-refractivity contribution in [2.75, 3.05) is 13.1 Å². The smallest absolute Gasteiger partial charge is 0.249 e. The molecule has 1 aliphatic heterocycles. The van der Waals surface area contributed by atoms with Gasteiger partial charge in [-0.3, -0.25) is 4.79 Å². The zero-order valence-electron chi connectivity index (χ0n) is 19.2. The number of benzene rings is 1. The molecule has 0 radical (unpaired) electrons. The minimum absolute atomic E-state index is 0.189. The lowest BCUT2D eigenvalue weighted by Gasteiger charge is -2.63. The second-order valence-corrected chi connectivity index (χ2v) is 13.3. The lowest BCUT2D eigenvalue weighted by Crippen LogP contribution is -2.62. The SMILES string of the molecule is CCC(O)C(=O)NC1C2CC3CC1CC(C1CCN(S(=O)(=O)c4ccc(Cl)cc4)CC1)(C3)C2. The fourth-order valence-electron chi connectivity index (χ4n) is 7.73. The number of halogens is 1. The third-order valence-corrected chi connectivity index (χ3v) is 11.3. The summed E-state index contributed by atoms with van der Waals surface area (Å²) in [7, 11) is -3.49. The summed E-state index contributed by atoms with van der Waals surface area (Å²) in [5.74, 6) is 2.02. The molecule has 1 heterocycles. The van der Waals surface area contributed by atoms with Crippen LogP contribution in [-0.2, 0) is 14.8 Å². The van der Waals surface area contributed by atoms with Crippen LogP contribution in [0.2, 0.25) is 5.02 Å². The molecule has 5 fully saturated rings. The Hall–Kier alpha value is -1.15. The molecule has 1 aromatic rings. The molecule has 8 heteroatoms. The second kappa shape index (κ2) is 8.81. The van der Waals surface area contributed by atoms with E-state index in [0.29, 0.717) is 47.2 Å². The molecule has 1 aromatic carbocycles. The summed E-state index contributed by atoms with van der Waals surface area (Å²) in [5, 5.41) is 13.7. The highest BCUT2D eigenvalue weighted by atomic mass is 35.5. The number of nitrogens with one attached hydrogen (secondary N) is 1. The Morgan fingerprint density at radius 2 is 1.76 bits per heavy atom. The van der Waals surface area contributed by atoms with Gasteiger partial charge in [-0.15, -0.1) is 0 Å². The predicted octanol–water partition coefficient (Wildman–Crippen LogP) is 3.82. The van der Waals surface area contributed by atoms with Crippen LogP contribution in [0.15, 0.2) is 29.2 Å². The molecule has 33 heavy (non-hydrogen) atoms. The maximum atomic E-state index is 13.1. The van der Waals surface area contributed by atoms with Gasteiger partial charge in [0.1, 0.15) is 6.10 Å². The topological polar surface area (TPSA) is 86.7 Å². The third kappa shape index (κ3) is 4.24. The van der Waals surface area contributed by atoms with E-state index in [1.54, 1.807) is 28.6 Å². The number of hydrogen-bond acceptors (Lipinski definition) is 4. The average Bonchev–Trinajstić information content (AvgIpc) is 2.80. The van der Waals surface area contributed by atoms with Crippen LogP contribution >= 0.6 is 11.6 Å². The van der Waals surface area contributed by atoms with Crippen LogP contribution in [0.3, 0.4) is 0 Å². The molecule has 1 saturated heterocycles. The molecule has 2 N–H and O–H groups in total. The van der Waals surface area contributed by atoms with Crippen LogP contribution < -0.4 is 5.32 Å². The van der Waals surface area contributed by atoms with Crippen molar-refractivity contribution >= 4 is 27.5 Å². The van der Waals surface area contributed by atoms with E-state index < -0.39 is 16.1 Å². The standard InChI is InChI=1S/C25H35ClN2O4S/c1-2-22(29)24(30)27-23-17-11-16-12-18(23)15-25(13-16,14-17)19-7-9-28(10-8-19)33(31,32)21-5-3-20(26)4-6-21/h3-6,16-19,22-23,29H,2,7-15H2,1H3,(H,27,30). The molecule has 1 amide bonds. The van der Waals surface area contributed by atoms with Crippen molar-refractivity contribution in [3.8, 4) is 0 Å². The maximum absolute atomic E-state index is 13.1. The van der Waals surface area contributed by atoms with Gasteiger partial charge < -0.3 is 10.4 Å². The van der Waals surface area contributed by atoms with Crippen molar-refractivity contribution in [2.24, 2.45) is 29.1 Å². The third-order valence-electron chi connectivity index (χ3n) is 9.09. The molecule has 6 nitrogen and oxygen atoms in total. The Kier molecular flexibility index (Phi) is 6.30. The molecule has 3 atom stereocenters. The number of aliphatic hydroxyl groups is 1. The predicted molar refractivity (Wildman–Crippen MR) is 127 cm³/mol. The fraction of sp³-hybridized carbons (Fsp3) is 0.720. The first-order chi connectivity index (χ1) is 15.7. The van der Waals surface area contributed by atoms with Crippen LogP contribution in [0, 0.1) is 29.1 Å². The quantitative estimate of drug-likeness (QED) is 0.629. The zero-order chi connectivity index (χ0) is 23.4. The Labute approximate surface area is 202 Å². The molecule has 3 unspecified atom stereocenters. The van der Waals surface area contributed by atoms with E-state index in [1.807, 2.05) is 6.92 Å². The van der Waals surface area contributed by atoms with E-state index in [9.17, 15) is 18.3 Å². The molecule has 0 aromatic heterocycles. The molecule has 5 aliphatic rings. The number of sulfonamides is 1. The van der Waals surface area contributed by atoms with Crippen molar-refractivity contribution in [2.45, 2.75) is 75.3 Å². The normalized spacial score (nSPS) is 35.5. The van der Waals surface area contributed by atoms with Gasteiger partial charge in [-0.1, -0.05) is 18.5 Å². The van der Waals surface area contributed by atoms with E-state index in [0.717, 1.165) is 31.6 Å². The van der Waals surface area contributed by atoms with E-state index >= 15 is 0 Å². The molecule has 6 rings (SSSR count). The minimum Gasteiger partial charge on any atom is -0.383 e.